The molecule has 18 heavy (non-hydrogen) atoms. The number of nitrogens with one attached hydrogen (secondary N) is 2. The summed E-state index contributed by atoms with van der Waals surface area (Å²) < 4.78 is 5.48. The van der Waals surface area contributed by atoms with Crippen LogP contribution < -0.4 is 10.6 Å². The number of ether oxygens (including phenoxy) is 1. The second-order valence-corrected chi connectivity index (χ2v) is 5.93. The van der Waals surface area contributed by atoms with E-state index in [1.54, 1.807) is 0 Å². The molecule has 104 valence electrons. The molecule has 0 aromatic rings. The molecule has 1 atom stereocenters. The van der Waals surface area contributed by atoms with Gasteiger partial charge in [-0.1, -0.05) is 19.8 Å². The van der Waals surface area contributed by atoms with Gasteiger partial charge in [0.2, 0.25) is 0 Å². The van der Waals surface area contributed by atoms with Gasteiger partial charge in [-0.2, -0.15) is 0 Å². The average Bonchev–Trinajstić information content (AvgIpc) is 2.99. The Morgan fingerprint density at radius 1 is 1.39 bits per heavy atom. The van der Waals surface area contributed by atoms with Crippen molar-refractivity contribution in [3.63, 3.8) is 0 Å². The minimum Gasteiger partial charge on any atom is -0.381 e. The molecule has 0 bridgehead atoms. The van der Waals surface area contributed by atoms with Gasteiger partial charge in [-0.05, 0) is 26.2 Å². The molecule has 1 saturated heterocycles. The highest BCUT2D eigenvalue weighted by Gasteiger charge is 2.29. The van der Waals surface area contributed by atoms with E-state index in [9.17, 15) is 0 Å². The molecule has 4 nitrogen and oxygen atoms in total. The fourth-order valence-electron chi connectivity index (χ4n) is 2.69. The molecular formula is C14H27N3O. The molecule has 1 saturated carbocycles. The van der Waals surface area contributed by atoms with E-state index in [0.717, 1.165) is 38.7 Å². The van der Waals surface area contributed by atoms with Gasteiger partial charge >= 0.3 is 0 Å². The van der Waals surface area contributed by atoms with Crippen LogP contribution >= 0.6 is 0 Å². The number of nitrogens with zero attached hydrogens (tertiary/aromatic N) is 1. The van der Waals surface area contributed by atoms with E-state index < -0.39 is 0 Å². The lowest BCUT2D eigenvalue weighted by molar-refractivity contribution is 0.163. The molecule has 1 aliphatic carbocycles. The molecular weight excluding hydrogens is 226 g/mol. The predicted molar refractivity (Wildman–Crippen MR) is 74.9 cm³/mol. The van der Waals surface area contributed by atoms with Crippen molar-refractivity contribution in [2.75, 3.05) is 26.3 Å². The summed E-state index contributed by atoms with van der Waals surface area (Å²) in [6.07, 6.45) is 6.39. The van der Waals surface area contributed by atoms with Crippen LogP contribution in [0, 0.1) is 5.41 Å². The Morgan fingerprint density at radius 2 is 2.17 bits per heavy atom. The van der Waals surface area contributed by atoms with Crippen molar-refractivity contribution in [3.05, 3.63) is 0 Å². The van der Waals surface area contributed by atoms with E-state index in [1.807, 2.05) is 0 Å². The zero-order valence-electron chi connectivity index (χ0n) is 11.8. The molecule has 0 spiro atoms. The van der Waals surface area contributed by atoms with E-state index >= 15 is 0 Å². The summed E-state index contributed by atoms with van der Waals surface area (Å²) in [7, 11) is 0. The van der Waals surface area contributed by atoms with Gasteiger partial charge in [0.05, 0.1) is 13.2 Å². The van der Waals surface area contributed by atoms with E-state index in [4.69, 9.17) is 9.73 Å². The maximum atomic E-state index is 5.48. The molecule has 2 fully saturated rings. The first kappa shape index (κ1) is 13.7. The Hall–Kier alpha value is -0.770. The van der Waals surface area contributed by atoms with Crippen molar-refractivity contribution in [2.24, 2.45) is 10.4 Å². The third-order valence-corrected chi connectivity index (χ3v) is 3.96. The summed E-state index contributed by atoms with van der Waals surface area (Å²) in [6.45, 7) is 7.90. The van der Waals surface area contributed by atoms with Crippen molar-refractivity contribution < 1.29 is 4.74 Å². The Morgan fingerprint density at radius 3 is 2.78 bits per heavy atom. The quantitative estimate of drug-likeness (QED) is 0.594. The van der Waals surface area contributed by atoms with Crippen LogP contribution in [0.4, 0.5) is 0 Å². The Balaban J connectivity index is 1.86. The van der Waals surface area contributed by atoms with Gasteiger partial charge in [0.1, 0.15) is 0 Å². The summed E-state index contributed by atoms with van der Waals surface area (Å²) in [5, 5.41) is 6.90. The highest BCUT2D eigenvalue weighted by atomic mass is 16.5. The first-order chi connectivity index (χ1) is 8.72. The van der Waals surface area contributed by atoms with Crippen molar-refractivity contribution in [2.45, 2.75) is 52.0 Å². The Labute approximate surface area is 111 Å². The SMILES string of the molecule is CCNC(=NCC1(C)CCOC1)NC1CCCC1. The first-order valence-corrected chi connectivity index (χ1v) is 7.34. The van der Waals surface area contributed by atoms with Gasteiger partial charge in [-0.25, -0.2) is 0 Å². The molecule has 0 aromatic heterocycles. The van der Waals surface area contributed by atoms with Crippen LogP contribution in [0.1, 0.15) is 46.0 Å². The second kappa shape index (κ2) is 6.41. The zero-order valence-corrected chi connectivity index (χ0v) is 11.8. The highest BCUT2D eigenvalue weighted by Crippen LogP contribution is 2.27. The molecule has 4 heteroatoms. The van der Waals surface area contributed by atoms with Gasteiger partial charge in [-0.15, -0.1) is 0 Å². The summed E-state index contributed by atoms with van der Waals surface area (Å²) in [4.78, 5) is 4.75. The maximum Gasteiger partial charge on any atom is 0.191 e. The number of aliphatic imine (C=N–C) groups is 1. The zero-order chi connectivity index (χ0) is 12.8. The minimum absolute atomic E-state index is 0.234. The molecule has 0 radical (unpaired) electrons. The molecule has 1 aliphatic heterocycles. The van der Waals surface area contributed by atoms with Crippen LogP contribution in [0.25, 0.3) is 0 Å². The number of hydrogen-bond donors (Lipinski definition) is 2. The van der Waals surface area contributed by atoms with Gasteiger partial charge in [-0.3, -0.25) is 4.99 Å². The van der Waals surface area contributed by atoms with Crippen molar-refractivity contribution in [1.82, 2.24) is 10.6 Å². The summed E-state index contributed by atoms with van der Waals surface area (Å²) >= 11 is 0. The lowest BCUT2D eigenvalue weighted by Gasteiger charge is -2.21. The second-order valence-electron chi connectivity index (χ2n) is 5.93. The van der Waals surface area contributed by atoms with Gasteiger partial charge < -0.3 is 15.4 Å². The molecule has 0 aromatic carbocycles. The van der Waals surface area contributed by atoms with Crippen LogP contribution in [0.2, 0.25) is 0 Å². The maximum absolute atomic E-state index is 5.48. The minimum atomic E-state index is 0.234. The molecule has 1 unspecified atom stereocenters. The third-order valence-electron chi connectivity index (χ3n) is 3.96. The van der Waals surface area contributed by atoms with Crippen LogP contribution in [0.15, 0.2) is 4.99 Å². The van der Waals surface area contributed by atoms with Crippen LogP contribution in [-0.4, -0.2) is 38.3 Å². The summed E-state index contributed by atoms with van der Waals surface area (Å²) in [6, 6.07) is 0.621. The number of guanidine groups is 1. The predicted octanol–water partition coefficient (Wildman–Crippen LogP) is 1.91. The van der Waals surface area contributed by atoms with Crippen molar-refractivity contribution in [1.29, 1.82) is 0 Å². The monoisotopic (exact) mass is 253 g/mol. The molecule has 2 aliphatic rings. The smallest absolute Gasteiger partial charge is 0.191 e. The van der Waals surface area contributed by atoms with Crippen molar-refractivity contribution >= 4 is 5.96 Å². The normalized spacial score (nSPS) is 29.8. The summed E-state index contributed by atoms with van der Waals surface area (Å²) in [5.74, 6) is 0.984. The van der Waals surface area contributed by atoms with Crippen LogP contribution in [0.3, 0.4) is 0 Å². The molecule has 1 heterocycles. The van der Waals surface area contributed by atoms with Gasteiger partial charge in [0, 0.05) is 24.6 Å². The van der Waals surface area contributed by atoms with Crippen LogP contribution in [0.5, 0.6) is 0 Å². The lowest BCUT2D eigenvalue weighted by atomic mass is 9.90. The van der Waals surface area contributed by atoms with E-state index in [2.05, 4.69) is 24.5 Å². The Bertz CT molecular complexity index is 279. The molecule has 2 rings (SSSR count). The van der Waals surface area contributed by atoms with Crippen LogP contribution in [-0.2, 0) is 4.74 Å². The van der Waals surface area contributed by atoms with E-state index in [1.165, 1.54) is 25.7 Å². The number of hydrogen-bond acceptors (Lipinski definition) is 2. The average molecular weight is 253 g/mol. The van der Waals surface area contributed by atoms with E-state index in [-0.39, 0.29) is 5.41 Å². The van der Waals surface area contributed by atoms with Gasteiger partial charge in [0.15, 0.2) is 5.96 Å². The highest BCUT2D eigenvalue weighted by molar-refractivity contribution is 5.80. The standard InChI is InChI=1S/C14H27N3O/c1-3-15-13(17-12-6-4-5-7-12)16-10-14(2)8-9-18-11-14/h12H,3-11H2,1-2H3,(H2,15,16,17). The topological polar surface area (TPSA) is 45.7 Å². The largest absolute Gasteiger partial charge is 0.381 e. The Kier molecular flexibility index (Phi) is 4.87. The number of rotatable bonds is 4. The van der Waals surface area contributed by atoms with Crippen molar-refractivity contribution in [3.8, 4) is 0 Å². The lowest BCUT2D eigenvalue weighted by Crippen LogP contribution is -2.43. The summed E-state index contributed by atoms with van der Waals surface area (Å²) in [5.41, 5.74) is 0.234. The molecule has 0 amide bonds. The third kappa shape index (κ3) is 3.87. The fraction of sp³-hybridized carbons (Fsp3) is 0.929. The fourth-order valence-corrected chi connectivity index (χ4v) is 2.69. The molecule has 2 N–H and O–H groups in total. The first-order valence-electron chi connectivity index (χ1n) is 7.34. The van der Waals surface area contributed by atoms with E-state index in [0.29, 0.717) is 6.04 Å². The van der Waals surface area contributed by atoms with Gasteiger partial charge in [0.25, 0.3) is 0 Å².